The second kappa shape index (κ2) is 7.39. The van der Waals surface area contributed by atoms with E-state index in [1.54, 1.807) is 18.2 Å². The molecule has 0 saturated heterocycles. The molecule has 0 atom stereocenters. The van der Waals surface area contributed by atoms with Crippen molar-refractivity contribution in [3.63, 3.8) is 0 Å². The van der Waals surface area contributed by atoms with Gasteiger partial charge in [-0.05, 0) is 24.3 Å². The van der Waals surface area contributed by atoms with Crippen LogP contribution in [0.3, 0.4) is 0 Å². The zero-order valence-corrected chi connectivity index (χ0v) is 12.0. The van der Waals surface area contributed by atoms with E-state index in [2.05, 4.69) is 27.8 Å². The van der Waals surface area contributed by atoms with Crippen LogP contribution in [0.5, 0.6) is 5.75 Å². The fourth-order valence-electron chi connectivity index (χ4n) is 1.38. The van der Waals surface area contributed by atoms with Gasteiger partial charge in [-0.1, -0.05) is 22.0 Å². The molecule has 1 N–H and O–H groups in total. The summed E-state index contributed by atoms with van der Waals surface area (Å²) in [6.45, 7) is 3.81. The molecule has 0 radical (unpaired) electrons. The summed E-state index contributed by atoms with van der Waals surface area (Å²) in [4.78, 5) is 11.7. The van der Waals surface area contributed by atoms with Crippen molar-refractivity contribution in [2.24, 2.45) is 0 Å². The van der Waals surface area contributed by atoms with Crippen LogP contribution in [-0.2, 0) is 4.79 Å². The van der Waals surface area contributed by atoms with Crippen molar-refractivity contribution >= 4 is 27.9 Å². The summed E-state index contributed by atoms with van der Waals surface area (Å²) < 4.78 is 6.02. The molecule has 1 aromatic carbocycles. The Morgan fingerprint density at radius 2 is 2.37 bits per heavy atom. The third-order valence-corrected chi connectivity index (χ3v) is 2.76. The monoisotopic (exact) mass is 320 g/mol. The van der Waals surface area contributed by atoms with Crippen LogP contribution in [0.15, 0.2) is 40.9 Å². The Morgan fingerprint density at radius 3 is 2.95 bits per heavy atom. The molecule has 1 rings (SSSR count). The van der Waals surface area contributed by atoms with Gasteiger partial charge >= 0.3 is 0 Å². The topological polar surface area (TPSA) is 62.1 Å². The Balaban J connectivity index is 3.10. The average molecular weight is 321 g/mol. The third kappa shape index (κ3) is 4.27. The first kappa shape index (κ1) is 15.0. The van der Waals surface area contributed by atoms with Crippen LogP contribution in [0.1, 0.15) is 5.56 Å². The molecule has 19 heavy (non-hydrogen) atoms. The standard InChI is InChI=1S/C14H13BrN2O2/c1-3-6-17-14(18)11(9-16)7-10-8-12(15)4-5-13(10)19-2/h3-5,7-8H,1,6H2,2H3,(H,17,18)/b11-7-. The lowest BCUT2D eigenvalue weighted by Gasteiger charge is -2.06. The lowest BCUT2D eigenvalue weighted by molar-refractivity contribution is -0.116. The Morgan fingerprint density at radius 1 is 1.63 bits per heavy atom. The Kier molecular flexibility index (Phi) is 5.83. The van der Waals surface area contributed by atoms with Gasteiger partial charge in [-0.15, -0.1) is 6.58 Å². The number of carbonyl (C=O) groups excluding carboxylic acids is 1. The Bertz CT molecular complexity index is 559. The highest BCUT2D eigenvalue weighted by atomic mass is 79.9. The molecule has 4 nitrogen and oxygen atoms in total. The molecule has 0 aliphatic heterocycles. The first-order chi connectivity index (χ1) is 9.12. The maximum atomic E-state index is 11.7. The van der Waals surface area contributed by atoms with E-state index in [-0.39, 0.29) is 5.57 Å². The molecule has 0 unspecified atom stereocenters. The first-order valence-electron chi connectivity index (χ1n) is 5.46. The number of nitriles is 1. The molecular formula is C14H13BrN2O2. The number of nitrogens with zero attached hydrogens (tertiary/aromatic N) is 1. The zero-order valence-electron chi connectivity index (χ0n) is 10.4. The van der Waals surface area contributed by atoms with Crippen molar-refractivity contribution in [1.29, 1.82) is 5.26 Å². The fourth-order valence-corrected chi connectivity index (χ4v) is 1.76. The number of halogens is 1. The second-order valence-corrected chi connectivity index (χ2v) is 4.47. The predicted molar refractivity (Wildman–Crippen MR) is 77.5 cm³/mol. The number of nitrogens with one attached hydrogen (secondary N) is 1. The maximum Gasteiger partial charge on any atom is 0.262 e. The molecule has 0 aliphatic carbocycles. The first-order valence-corrected chi connectivity index (χ1v) is 6.26. The van der Waals surface area contributed by atoms with Crippen molar-refractivity contribution < 1.29 is 9.53 Å². The van der Waals surface area contributed by atoms with Crippen molar-refractivity contribution in [3.8, 4) is 11.8 Å². The van der Waals surface area contributed by atoms with Crippen molar-refractivity contribution in [2.45, 2.75) is 0 Å². The smallest absolute Gasteiger partial charge is 0.262 e. The second-order valence-electron chi connectivity index (χ2n) is 3.55. The molecule has 1 amide bonds. The molecule has 1 aromatic rings. The molecule has 0 heterocycles. The van der Waals surface area contributed by atoms with Crippen LogP contribution in [0.4, 0.5) is 0 Å². The summed E-state index contributed by atoms with van der Waals surface area (Å²) in [6, 6.07) is 7.22. The van der Waals surface area contributed by atoms with Crippen molar-refractivity contribution in [1.82, 2.24) is 5.32 Å². The van der Waals surface area contributed by atoms with Gasteiger partial charge in [-0.2, -0.15) is 5.26 Å². The number of hydrogen-bond acceptors (Lipinski definition) is 3. The molecule has 0 saturated carbocycles. The summed E-state index contributed by atoms with van der Waals surface area (Å²) in [5, 5.41) is 11.6. The van der Waals surface area contributed by atoms with Crippen molar-refractivity contribution in [3.05, 3.63) is 46.5 Å². The van der Waals surface area contributed by atoms with E-state index in [1.165, 1.54) is 13.2 Å². The summed E-state index contributed by atoms with van der Waals surface area (Å²) in [5.74, 6) is 0.150. The van der Waals surface area contributed by atoms with Gasteiger partial charge in [0.2, 0.25) is 0 Å². The third-order valence-electron chi connectivity index (χ3n) is 2.26. The molecule has 0 aliphatic rings. The van der Waals surface area contributed by atoms with Gasteiger partial charge < -0.3 is 10.1 Å². The molecule has 0 spiro atoms. The average Bonchev–Trinajstić information content (AvgIpc) is 2.42. The molecular weight excluding hydrogens is 308 g/mol. The molecule has 0 fully saturated rings. The highest BCUT2D eigenvalue weighted by Gasteiger charge is 2.10. The molecule has 0 aromatic heterocycles. The van der Waals surface area contributed by atoms with E-state index in [9.17, 15) is 4.79 Å². The number of hydrogen-bond donors (Lipinski definition) is 1. The minimum Gasteiger partial charge on any atom is -0.496 e. The number of benzene rings is 1. The fraction of sp³-hybridized carbons (Fsp3) is 0.143. The van der Waals surface area contributed by atoms with E-state index >= 15 is 0 Å². The molecule has 0 bridgehead atoms. The minimum atomic E-state index is -0.440. The van der Waals surface area contributed by atoms with Crippen LogP contribution in [0.2, 0.25) is 0 Å². The number of carbonyl (C=O) groups is 1. The quantitative estimate of drug-likeness (QED) is 0.515. The summed E-state index contributed by atoms with van der Waals surface area (Å²) in [5.41, 5.74) is 0.667. The minimum absolute atomic E-state index is 0.0123. The van der Waals surface area contributed by atoms with Crippen LogP contribution in [0, 0.1) is 11.3 Å². The van der Waals surface area contributed by atoms with Crippen LogP contribution >= 0.6 is 15.9 Å². The SMILES string of the molecule is C=CCNC(=O)/C(C#N)=C\c1cc(Br)ccc1OC. The zero-order chi connectivity index (χ0) is 14.3. The van der Waals surface area contributed by atoms with Gasteiger partial charge in [0.25, 0.3) is 5.91 Å². The summed E-state index contributed by atoms with van der Waals surface area (Å²) in [7, 11) is 1.53. The van der Waals surface area contributed by atoms with E-state index in [4.69, 9.17) is 10.00 Å². The van der Waals surface area contributed by atoms with E-state index in [1.807, 2.05) is 12.1 Å². The van der Waals surface area contributed by atoms with Crippen LogP contribution in [0.25, 0.3) is 6.08 Å². The number of rotatable bonds is 5. The summed E-state index contributed by atoms with van der Waals surface area (Å²) in [6.07, 6.45) is 3.04. The molecule has 5 heteroatoms. The van der Waals surface area contributed by atoms with Gasteiger partial charge in [0.15, 0.2) is 0 Å². The van der Waals surface area contributed by atoms with E-state index < -0.39 is 5.91 Å². The predicted octanol–water partition coefficient (Wildman–Crippen LogP) is 2.67. The highest BCUT2D eigenvalue weighted by molar-refractivity contribution is 9.10. The lowest BCUT2D eigenvalue weighted by Crippen LogP contribution is -2.24. The number of amides is 1. The van der Waals surface area contributed by atoms with E-state index in [0.29, 0.717) is 17.9 Å². The van der Waals surface area contributed by atoms with Crippen molar-refractivity contribution in [2.75, 3.05) is 13.7 Å². The van der Waals surface area contributed by atoms with Gasteiger partial charge in [0, 0.05) is 16.6 Å². The largest absolute Gasteiger partial charge is 0.496 e. The Labute approximate surface area is 120 Å². The van der Waals surface area contributed by atoms with Crippen LogP contribution < -0.4 is 10.1 Å². The molecule has 98 valence electrons. The van der Waals surface area contributed by atoms with Gasteiger partial charge in [-0.25, -0.2) is 0 Å². The lowest BCUT2D eigenvalue weighted by atomic mass is 10.1. The number of methoxy groups -OCH3 is 1. The van der Waals surface area contributed by atoms with Crippen LogP contribution in [-0.4, -0.2) is 19.6 Å². The highest BCUT2D eigenvalue weighted by Crippen LogP contribution is 2.25. The van der Waals surface area contributed by atoms with Gasteiger partial charge in [0.05, 0.1) is 7.11 Å². The van der Waals surface area contributed by atoms with Gasteiger partial charge in [-0.3, -0.25) is 4.79 Å². The normalized spacial score (nSPS) is 10.5. The van der Waals surface area contributed by atoms with E-state index in [0.717, 1.165) is 4.47 Å². The van der Waals surface area contributed by atoms with Gasteiger partial charge in [0.1, 0.15) is 17.4 Å². The number of ether oxygens (including phenoxy) is 1. The Hall–Kier alpha value is -2.06. The summed E-state index contributed by atoms with van der Waals surface area (Å²) >= 11 is 3.33. The maximum absolute atomic E-state index is 11.7.